The maximum absolute atomic E-state index is 12.1. The maximum atomic E-state index is 12.1. The third kappa shape index (κ3) is 11.6. The third-order valence-corrected chi connectivity index (χ3v) is 11.8. The molecule has 4 atom stereocenters. The summed E-state index contributed by atoms with van der Waals surface area (Å²) in [5.74, 6) is 50.0. The minimum absolute atomic E-state index is 0.122. The first-order valence-corrected chi connectivity index (χ1v) is 16.5. The van der Waals surface area contributed by atoms with Gasteiger partial charge in [0.1, 0.15) is 18.3 Å². The van der Waals surface area contributed by atoms with E-state index in [0.717, 1.165) is 0 Å². The van der Waals surface area contributed by atoms with Crippen molar-refractivity contribution in [3.05, 3.63) is 0 Å². The first-order valence-electron chi connectivity index (χ1n) is 14.7. The molecule has 0 aromatic rings. The lowest BCUT2D eigenvalue weighted by molar-refractivity contribution is -0.115. The molecule has 2 saturated heterocycles. The van der Waals surface area contributed by atoms with E-state index in [0.29, 0.717) is 26.0 Å². The van der Waals surface area contributed by atoms with Gasteiger partial charge in [-0.15, -0.1) is 0 Å². The number of methoxy groups -OCH3 is 1. The smallest absolute Gasteiger partial charge is 0.349 e. The van der Waals surface area contributed by atoms with Crippen LogP contribution < -0.4 is 5.32 Å². The fraction of sp³-hybridized carbons (Fsp3) is 0.462. The Kier molecular flexibility index (Phi) is 15.3. The summed E-state index contributed by atoms with van der Waals surface area (Å²) in [6.45, 7) is 15.8. The van der Waals surface area contributed by atoms with Gasteiger partial charge in [0.2, 0.25) is 0 Å². The minimum Gasteiger partial charge on any atom is -0.391 e. The van der Waals surface area contributed by atoms with Crippen molar-refractivity contribution in [1.82, 2.24) is 5.32 Å². The van der Waals surface area contributed by atoms with Gasteiger partial charge in [-0.1, -0.05) is 47.5 Å². The van der Waals surface area contributed by atoms with Crippen molar-refractivity contribution < 1.29 is 23.1 Å². The zero-order chi connectivity index (χ0) is 33.9. The summed E-state index contributed by atoms with van der Waals surface area (Å²) < 4.78 is 25.6. The lowest BCUT2D eigenvalue weighted by Gasteiger charge is -2.53. The van der Waals surface area contributed by atoms with Gasteiger partial charge in [-0.05, 0) is 114 Å². The van der Waals surface area contributed by atoms with Crippen LogP contribution in [0.1, 0.15) is 61.3 Å². The summed E-state index contributed by atoms with van der Waals surface area (Å²) in [4.78, 5) is 12.1. The van der Waals surface area contributed by atoms with E-state index in [4.69, 9.17) is 18.3 Å². The van der Waals surface area contributed by atoms with Crippen LogP contribution in [-0.2, 0) is 23.1 Å². The first-order chi connectivity index (χ1) is 22.0. The standard InChI is InChI=1S/C39H37NO5Si/c1-9-10-11-12-13-14-15-16-17-18-19-20-21-22-23-24-25-26-27-30-35(41)40-31-28-29-33-36(42-8)37-34(44-33)32-43-46(45-37,38(2,3)4)39(5,6)7/h33-34,36-37H,28-29,31-32H2,1-8H3,(H,40,41)/t33-,34+,36-,37+/m0/s1. The lowest BCUT2D eigenvalue weighted by Crippen LogP contribution is -2.65. The van der Waals surface area contributed by atoms with Crippen LogP contribution in [0.5, 0.6) is 0 Å². The van der Waals surface area contributed by atoms with Crippen LogP contribution in [0, 0.1) is 118 Å². The summed E-state index contributed by atoms with van der Waals surface area (Å²) in [7, 11) is -0.939. The largest absolute Gasteiger partial charge is 0.391 e. The average Bonchev–Trinajstić information content (AvgIpc) is 3.35. The van der Waals surface area contributed by atoms with E-state index >= 15 is 0 Å². The lowest BCUT2D eigenvalue weighted by atomic mass is 10.0. The number of carbonyl (C=O) groups excluding carboxylic acids is 1. The second-order valence-corrected chi connectivity index (χ2v) is 16.7. The van der Waals surface area contributed by atoms with Crippen LogP contribution in [0.25, 0.3) is 0 Å². The molecule has 232 valence electrons. The van der Waals surface area contributed by atoms with Crippen LogP contribution >= 0.6 is 0 Å². The van der Waals surface area contributed by atoms with Gasteiger partial charge in [0.15, 0.2) is 0 Å². The van der Waals surface area contributed by atoms with Crippen LogP contribution in [0.15, 0.2) is 0 Å². The predicted molar refractivity (Wildman–Crippen MR) is 181 cm³/mol. The number of ether oxygens (including phenoxy) is 2. The minimum atomic E-state index is -2.63. The number of amides is 1. The van der Waals surface area contributed by atoms with Crippen molar-refractivity contribution >= 4 is 14.5 Å². The zero-order valence-corrected chi connectivity index (χ0v) is 28.7. The van der Waals surface area contributed by atoms with Crippen molar-refractivity contribution in [3.63, 3.8) is 0 Å². The average molecular weight is 628 g/mol. The normalized spacial score (nSPS) is 19.6. The Bertz CT molecular complexity index is 1770. The molecule has 0 bridgehead atoms. The molecule has 2 rings (SSSR count). The Morgan fingerprint density at radius 2 is 1.22 bits per heavy atom. The van der Waals surface area contributed by atoms with Gasteiger partial charge in [-0.2, -0.15) is 0 Å². The molecule has 0 spiro atoms. The Balaban J connectivity index is 1.76. The SMILES string of the molecule is CC#CC#CC#CC#CC#CC#CC#CC#CC#CC#CC(=O)NCCC[C@@H]1O[C@@H]2CO[Si](C(C)(C)C)(C(C)(C)C)O[C@H]2[C@H]1OC. The molecule has 2 heterocycles. The second kappa shape index (κ2) is 18.8. The summed E-state index contributed by atoms with van der Waals surface area (Å²) in [5.41, 5.74) is 0. The van der Waals surface area contributed by atoms with Gasteiger partial charge in [-0.3, -0.25) is 4.79 Å². The Labute approximate surface area is 276 Å². The highest BCUT2D eigenvalue weighted by molar-refractivity contribution is 6.73. The molecule has 0 unspecified atom stereocenters. The van der Waals surface area contributed by atoms with Crippen LogP contribution in [0.4, 0.5) is 0 Å². The molecule has 2 aliphatic heterocycles. The van der Waals surface area contributed by atoms with Crippen LogP contribution in [0.3, 0.4) is 0 Å². The zero-order valence-electron chi connectivity index (χ0n) is 27.7. The van der Waals surface area contributed by atoms with E-state index in [-0.39, 0.29) is 34.5 Å². The second-order valence-electron chi connectivity index (χ2n) is 11.9. The van der Waals surface area contributed by atoms with E-state index in [9.17, 15) is 4.79 Å². The molecule has 2 aliphatic rings. The number of hydrogen-bond acceptors (Lipinski definition) is 5. The molecule has 0 aromatic carbocycles. The highest BCUT2D eigenvalue weighted by atomic mass is 28.4. The monoisotopic (exact) mass is 627 g/mol. The fourth-order valence-electron chi connectivity index (χ4n) is 5.13. The van der Waals surface area contributed by atoms with Crippen molar-refractivity contribution in [2.45, 2.75) is 95.8 Å². The highest BCUT2D eigenvalue weighted by Crippen LogP contribution is 2.55. The van der Waals surface area contributed by atoms with Crippen molar-refractivity contribution in [2.24, 2.45) is 0 Å². The summed E-state index contributed by atoms with van der Waals surface area (Å²) >= 11 is 0. The van der Waals surface area contributed by atoms with E-state index in [1.54, 1.807) is 14.0 Å². The number of rotatable bonds is 5. The van der Waals surface area contributed by atoms with Crippen molar-refractivity contribution in [1.29, 1.82) is 0 Å². The van der Waals surface area contributed by atoms with Crippen molar-refractivity contribution in [3.8, 4) is 118 Å². The molecule has 1 amide bonds. The highest BCUT2D eigenvalue weighted by Gasteiger charge is 2.64. The molecular weight excluding hydrogens is 591 g/mol. The number of hydrogen-bond donors (Lipinski definition) is 1. The molecule has 0 aliphatic carbocycles. The number of carbonyl (C=O) groups is 1. The Morgan fingerprint density at radius 3 is 1.65 bits per heavy atom. The van der Waals surface area contributed by atoms with Gasteiger partial charge in [-0.25, -0.2) is 0 Å². The topological polar surface area (TPSA) is 66.0 Å². The first kappa shape index (κ1) is 37.3. The Hall–Kier alpha value is -4.87. The molecule has 0 radical (unpaired) electrons. The van der Waals surface area contributed by atoms with Crippen LogP contribution in [0.2, 0.25) is 10.1 Å². The van der Waals surface area contributed by atoms with Gasteiger partial charge in [0.25, 0.3) is 5.91 Å². The van der Waals surface area contributed by atoms with E-state index in [1.807, 2.05) is 0 Å². The van der Waals surface area contributed by atoms with Crippen molar-refractivity contribution in [2.75, 3.05) is 20.3 Å². The molecule has 0 aromatic heterocycles. The molecule has 2 fully saturated rings. The quantitative estimate of drug-likeness (QED) is 0.288. The van der Waals surface area contributed by atoms with E-state index in [1.165, 1.54) is 0 Å². The summed E-state index contributed by atoms with van der Waals surface area (Å²) in [6.07, 6.45) is 0.678. The van der Waals surface area contributed by atoms with Gasteiger partial charge in [0, 0.05) is 41.5 Å². The molecule has 7 heteroatoms. The van der Waals surface area contributed by atoms with Gasteiger partial charge in [0.05, 0.1) is 12.7 Å². The van der Waals surface area contributed by atoms with Gasteiger partial charge < -0.3 is 23.6 Å². The third-order valence-electron chi connectivity index (χ3n) is 6.72. The summed E-state index contributed by atoms with van der Waals surface area (Å²) in [6, 6.07) is 0. The molecule has 1 N–H and O–H groups in total. The van der Waals surface area contributed by atoms with E-state index < -0.39 is 14.5 Å². The Morgan fingerprint density at radius 1 is 0.761 bits per heavy atom. The fourth-order valence-corrected chi connectivity index (χ4v) is 10.1. The maximum Gasteiger partial charge on any atom is 0.349 e. The number of nitrogens with one attached hydrogen (secondary N) is 1. The van der Waals surface area contributed by atoms with E-state index in [2.05, 4.69) is 165 Å². The molecule has 46 heavy (non-hydrogen) atoms. The van der Waals surface area contributed by atoms with Gasteiger partial charge >= 0.3 is 8.56 Å². The number of fused-ring (bicyclic) bond motifs is 1. The summed E-state index contributed by atoms with van der Waals surface area (Å²) in [5, 5.41) is 2.53. The van der Waals surface area contributed by atoms with Crippen LogP contribution in [-0.4, -0.2) is 59.1 Å². The predicted octanol–water partition coefficient (Wildman–Crippen LogP) is 3.18. The molecule has 6 nitrogen and oxygen atoms in total. The molecular formula is C39H37NO5Si. The molecule has 0 saturated carbocycles.